The van der Waals surface area contributed by atoms with Crippen molar-refractivity contribution in [3.05, 3.63) is 28.2 Å². The van der Waals surface area contributed by atoms with Gasteiger partial charge < -0.3 is 15.4 Å². The van der Waals surface area contributed by atoms with Crippen LogP contribution in [0.2, 0.25) is 0 Å². The summed E-state index contributed by atoms with van der Waals surface area (Å²) in [4.78, 5) is 14.3. The van der Waals surface area contributed by atoms with E-state index in [9.17, 15) is 4.79 Å². The summed E-state index contributed by atoms with van der Waals surface area (Å²) in [7, 11) is 0. The van der Waals surface area contributed by atoms with Gasteiger partial charge in [0.15, 0.2) is 0 Å². The van der Waals surface area contributed by atoms with E-state index in [1.165, 1.54) is 0 Å². The zero-order valence-electron chi connectivity index (χ0n) is 9.93. The molecule has 1 aromatic carbocycles. The summed E-state index contributed by atoms with van der Waals surface area (Å²) in [5, 5.41) is 0. The predicted octanol–water partition coefficient (Wildman–Crippen LogP) is 2.03. The van der Waals surface area contributed by atoms with Gasteiger partial charge in [-0.25, -0.2) is 0 Å². The lowest BCUT2D eigenvalue weighted by Gasteiger charge is -2.32. The highest BCUT2D eigenvalue weighted by Crippen LogP contribution is 2.28. The quantitative estimate of drug-likeness (QED) is 0.808. The molecule has 2 aliphatic rings. The average Bonchev–Trinajstić information content (AvgIpc) is 2.71. The van der Waals surface area contributed by atoms with Crippen LogP contribution in [0.5, 0.6) is 0 Å². The lowest BCUT2D eigenvalue weighted by atomic mass is 10.1. The number of halogens is 1. The number of rotatable bonds is 1. The predicted molar refractivity (Wildman–Crippen MR) is 72.4 cm³/mol. The van der Waals surface area contributed by atoms with Crippen LogP contribution in [-0.4, -0.2) is 36.1 Å². The largest absolute Gasteiger partial charge is 0.398 e. The second-order valence-electron chi connectivity index (χ2n) is 4.90. The van der Waals surface area contributed by atoms with Gasteiger partial charge in [-0.1, -0.05) is 0 Å². The highest BCUT2D eigenvalue weighted by atomic mass is 79.9. The van der Waals surface area contributed by atoms with Crippen LogP contribution < -0.4 is 5.73 Å². The minimum Gasteiger partial charge on any atom is -0.398 e. The fraction of sp³-hybridized carbons (Fsp3) is 0.462. The Labute approximate surface area is 114 Å². The van der Waals surface area contributed by atoms with Gasteiger partial charge in [-0.3, -0.25) is 4.79 Å². The number of amides is 1. The molecule has 2 fully saturated rings. The molecule has 2 saturated heterocycles. The van der Waals surface area contributed by atoms with Crippen LogP contribution in [0, 0.1) is 0 Å². The topological polar surface area (TPSA) is 55.6 Å². The molecule has 2 atom stereocenters. The summed E-state index contributed by atoms with van der Waals surface area (Å²) >= 11 is 3.33. The van der Waals surface area contributed by atoms with E-state index in [4.69, 9.17) is 10.5 Å². The third-order valence-electron chi connectivity index (χ3n) is 3.57. The van der Waals surface area contributed by atoms with Gasteiger partial charge in [-0.2, -0.15) is 0 Å². The maximum Gasteiger partial charge on any atom is 0.254 e. The Morgan fingerprint density at radius 1 is 1.33 bits per heavy atom. The molecule has 96 valence electrons. The van der Waals surface area contributed by atoms with E-state index in [2.05, 4.69) is 15.9 Å². The number of morpholine rings is 1. The van der Waals surface area contributed by atoms with Crippen LogP contribution in [0.15, 0.2) is 22.7 Å². The average molecular weight is 311 g/mol. The van der Waals surface area contributed by atoms with Gasteiger partial charge in [0, 0.05) is 28.8 Å². The number of ether oxygens (including phenoxy) is 1. The molecular weight excluding hydrogens is 296 g/mol. The fourth-order valence-corrected chi connectivity index (χ4v) is 2.89. The van der Waals surface area contributed by atoms with Gasteiger partial charge in [0.2, 0.25) is 0 Å². The number of fused-ring (bicyclic) bond motifs is 2. The van der Waals surface area contributed by atoms with E-state index in [-0.39, 0.29) is 18.1 Å². The van der Waals surface area contributed by atoms with Crippen molar-refractivity contribution in [2.24, 2.45) is 0 Å². The Morgan fingerprint density at radius 3 is 2.61 bits per heavy atom. The third-order valence-corrected chi connectivity index (χ3v) is 4.30. The summed E-state index contributed by atoms with van der Waals surface area (Å²) in [5.41, 5.74) is 7.06. The number of hydrogen-bond donors (Lipinski definition) is 1. The number of likely N-dealkylation sites (tertiary alicyclic amines) is 1. The van der Waals surface area contributed by atoms with Crippen molar-refractivity contribution in [1.29, 1.82) is 0 Å². The number of carbonyl (C=O) groups is 1. The van der Waals surface area contributed by atoms with Crippen LogP contribution in [0.1, 0.15) is 23.2 Å². The Morgan fingerprint density at radius 2 is 2.00 bits per heavy atom. The van der Waals surface area contributed by atoms with E-state index in [0.29, 0.717) is 24.3 Å². The fourth-order valence-electron chi connectivity index (χ4n) is 2.64. The zero-order valence-corrected chi connectivity index (χ0v) is 11.5. The number of nitrogen functional groups attached to an aromatic ring is 1. The van der Waals surface area contributed by atoms with Gasteiger partial charge in [0.1, 0.15) is 0 Å². The maximum absolute atomic E-state index is 12.4. The van der Waals surface area contributed by atoms with Crippen LogP contribution in [0.25, 0.3) is 0 Å². The minimum atomic E-state index is 0.0504. The Hall–Kier alpha value is -1.07. The van der Waals surface area contributed by atoms with Crippen LogP contribution >= 0.6 is 15.9 Å². The number of nitrogens with zero attached hydrogens (tertiary/aromatic N) is 1. The molecule has 0 aromatic heterocycles. The number of anilines is 1. The van der Waals surface area contributed by atoms with Gasteiger partial charge >= 0.3 is 0 Å². The normalized spacial score (nSPS) is 26.4. The lowest BCUT2D eigenvalue weighted by Crippen LogP contribution is -2.45. The van der Waals surface area contributed by atoms with Crippen LogP contribution in [0.3, 0.4) is 0 Å². The molecule has 2 heterocycles. The summed E-state index contributed by atoms with van der Waals surface area (Å²) < 4.78 is 6.55. The lowest BCUT2D eigenvalue weighted by molar-refractivity contribution is -0.0303. The molecule has 0 saturated carbocycles. The molecule has 1 amide bonds. The molecule has 1 aromatic rings. The van der Waals surface area contributed by atoms with Crippen LogP contribution in [-0.2, 0) is 4.74 Å². The van der Waals surface area contributed by atoms with Crippen molar-refractivity contribution < 1.29 is 9.53 Å². The number of nitrogens with two attached hydrogens (primary N) is 1. The van der Waals surface area contributed by atoms with Gasteiger partial charge in [-0.05, 0) is 47.0 Å². The highest BCUT2D eigenvalue weighted by molar-refractivity contribution is 9.10. The Bertz CT molecular complexity index is 480. The Kier molecular flexibility index (Phi) is 3.03. The van der Waals surface area contributed by atoms with E-state index in [0.717, 1.165) is 17.3 Å². The first-order valence-corrected chi connectivity index (χ1v) is 6.92. The molecule has 3 rings (SSSR count). The first-order chi connectivity index (χ1) is 8.63. The summed E-state index contributed by atoms with van der Waals surface area (Å²) in [6, 6.07) is 5.35. The van der Waals surface area contributed by atoms with E-state index in [1.807, 2.05) is 11.0 Å². The van der Waals surface area contributed by atoms with E-state index in [1.54, 1.807) is 12.1 Å². The first kappa shape index (κ1) is 12.0. The van der Waals surface area contributed by atoms with Gasteiger partial charge in [0.25, 0.3) is 5.91 Å². The first-order valence-electron chi connectivity index (χ1n) is 6.13. The van der Waals surface area contributed by atoms with E-state index >= 15 is 0 Å². The van der Waals surface area contributed by atoms with Crippen LogP contribution in [0.4, 0.5) is 5.69 Å². The molecule has 2 N–H and O–H groups in total. The SMILES string of the molecule is Nc1cc(C(=O)N2CC3CCC(C2)O3)ccc1Br. The summed E-state index contributed by atoms with van der Waals surface area (Å²) in [6.07, 6.45) is 2.58. The molecule has 2 aliphatic heterocycles. The molecule has 0 radical (unpaired) electrons. The molecule has 0 spiro atoms. The number of carbonyl (C=O) groups excluding carboxylic acids is 1. The second kappa shape index (κ2) is 4.55. The number of hydrogen-bond acceptors (Lipinski definition) is 3. The highest BCUT2D eigenvalue weighted by Gasteiger charge is 2.35. The molecular formula is C13H15BrN2O2. The van der Waals surface area contributed by atoms with Crippen molar-refractivity contribution in [1.82, 2.24) is 4.90 Å². The maximum atomic E-state index is 12.4. The standard InChI is InChI=1S/C13H15BrN2O2/c14-11-4-1-8(5-12(11)15)13(17)16-6-9-2-3-10(7-16)18-9/h1,4-5,9-10H,2-3,6-7,15H2. The summed E-state index contributed by atoms with van der Waals surface area (Å²) in [6.45, 7) is 1.40. The summed E-state index contributed by atoms with van der Waals surface area (Å²) in [5.74, 6) is 0.0504. The monoisotopic (exact) mass is 310 g/mol. The smallest absolute Gasteiger partial charge is 0.254 e. The zero-order chi connectivity index (χ0) is 12.7. The van der Waals surface area contributed by atoms with Gasteiger partial charge in [-0.15, -0.1) is 0 Å². The van der Waals surface area contributed by atoms with E-state index < -0.39 is 0 Å². The third kappa shape index (κ3) is 2.12. The Balaban J connectivity index is 1.79. The molecule has 4 nitrogen and oxygen atoms in total. The molecule has 18 heavy (non-hydrogen) atoms. The van der Waals surface area contributed by atoms with Gasteiger partial charge in [0.05, 0.1) is 12.2 Å². The van der Waals surface area contributed by atoms with Crippen molar-refractivity contribution >= 4 is 27.5 Å². The molecule has 2 unspecified atom stereocenters. The van der Waals surface area contributed by atoms with Crippen molar-refractivity contribution in [2.75, 3.05) is 18.8 Å². The second-order valence-corrected chi connectivity index (χ2v) is 5.76. The molecule has 2 bridgehead atoms. The van der Waals surface area contributed by atoms with Crippen molar-refractivity contribution in [3.8, 4) is 0 Å². The number of benzene rings is 1. The van der Waals surface area contributed by atoms with Crippen molar-refractivity contribution in [3.63, 3.8) is 0 Å². The minimum absolute atomic E-state index is 0.0504. The van der Waals surface area contributed by atoms with Crippen molar-refractivity contribution in [2.45, 2.75) is 25.0 Å². The molecule has 0 aliphatic carbocycles. The molecule has 5 heteroatoms.